The molecule has 0 fully saturated rings. The first kappa shape index (κ1) is 19.4. The van der Waals surface area contributed by atoms with Crippen LogP contribution in [0.15, 0.2) is 30.3 Å². The molecule has 0 amide bonds. The van der Waals surface area contributed by atoms with E-state index in [4.69, 9.17) is 17.0 Å². The second kappa shape index (κ2) is 9.53. The van der Waals surface area contributed by atoms with Crippen LogP contribution in [0.2, 0.25) is 0 Å². The van der Waals surface area contributed by atoms with Gasteiger partial charge in [0.15, 0.2) is 5.11 Å². The van der Waals surface area contributed by atoms with Crippen molar-refractivity contribution >= 4 is 45.3 Å². The van der Waals surface area contributed by atoms with Crippen LogP contribution in [0.1, 0.15) is 47.5 Å². The Labute approximate surface area is 158 Å². The summed E-state index contributed by atoms with van der Waals surface area (Å²) in [5.41, 5.74) is 2.76. The zero-order valence-electron chi connectivity index (χ0n) is 14.8. The number of hydrogen-bond donors (Lipinski definition) is 2. The molecule has 0 spiro atoms. The van der Waals surface area contributed by atoms with Gasteiger partial charge >= 0.3 is 5.97 Å². The molecule has 1 aromatic carbocycles. The predicted octanol–water partition coefficient (Wildman–Crippen LogP) is 5.25. The molecule has 2 rings (SSSR count). The fourth-order valence-electron chi connectivity index (χ4n) is 2.37. The van der Waals surface area contributed by atoms with Crippen LogP contribution in [0, 0.1) is 0 Å². The lowest BCUT2D eigenvalue weighted by Crippen LogP contribution is -2.19. The third-order valence-corrected chi connectivity index (χ3v) is 5.19. The SMILES string of the molecule is CCCCc1ccc(NC(=S)Nc2sc(CC)cc2C(=O)OC)cc1. The van der Waals surface area contributed by atoms with Gasteiger partial charge in [-0.05, 0) is 55.2 Å². The molecule has 2 N–H and O–H groups in total. The summed E-state index contributed by atoms with van der Waals surface area (Å²) in [5, 5.41) is 7.44. The van der Waals surface area contributed by atoms with Crippen molar-refractivity contribution in [3.63, 3.8) is 0 Å². The highest BCUT2D eigenvalue weighted by molar-refractivity contribution is 7.80. The lowest BCUT2D eigenvalue weighted by Gasteiger charge is -2.11. The summed E-state index contributed by atoms with van der Waals surface area (Å²) in [6.45, 7) is 4.24. The number of benzene rings is 1. The van der Waals surface area contributed by atoms with Gasteiger partial charge in [-0.15, -0.1) is 11.3 Å². The quantitative estimate of drug-likeness (QED) is 0.511. The largest absolute Gasteiger partial charge is 0.465 e. The van der Waals surface area contributed by atoms with E-state index < -0.39 is 0 Å². The average Bonchev–Trinajstić information content (AvgIpc) is 3.03. The van der Waals surface area contributed by atoms with Gasteiger partial charge in [0.1, 0.15) is 5.00 Å². The summed E-state index contributed by atoms with van der Waals surface area (Å²) in [7, 11) is 1.38. The van der Waals surface area contributed by atoms with Gasteiger partial charge < -0.3 is 15.4 Å². The second-order valence-electron chi connectivity index (χ2n) is 5.68. The number of carbonyl (C=O) groups is 1. The number of unbranched alkanes of at least 4 members (excludes halogenated alkanes) is 1. The molecule has 6 heteroatoms. The Morgan fingerprint density at radius 2 is 1.92 bits per heavy atom. The molecule has 2 aromatic rings. The molecule has 1 aromatic heterocycles. The summed E-state index contributed by atoms with van der Waals surface area (Å²) in [4.78, 5) is 13.0. The maximum atomic E-state index is 11.9. The zero-order chi connectivity index (χ0) is 18.2. The molecule has 0 radical (unpaired) electrons. The van der Waals surface area contributed by atoms with E-state index in [2.05, 4.69) is 29.7 Å². The van der Waals surface area contributed by atoms with Crippen molar-refractivity contribution in [2.24, 2.45) is 0 Å². The van der Waals surface area contributed by atoms with Crippen LogP contribution in [-0.2, 0) is 17.6 Å². The van der Waals surface area contributed by atoms with E-state index in [0.29, 0.717) is 15.7 Å². The molecular weight excluding hydrogens is 352 g/mol. The number of methoxy groups -OCH3 is 1. The Morgan fingerprint density at radius 1 is 1.20 bits per heavy atom. The van der Waals surface area contributed by atoms with E-state index in [1.165, 1.54) is 36.9 Å². The third kappa shape index (κ3) is 5.54. The topological polar surface area (TPSA) is 50.4 Å². The van der Waals surface area contributed by atoms with Crippen molar-refractivity contribution in [3.05, 3.63) is 46.3 Å². The Morgan fingerprint density at radius 3 is 2.52 bits per heavy atom. The Bertz CT molecular complexity index is 724. The normalized spacial score (nSPS) is 10.4. The number of ether oxygens (including phenoxy) is 1. The maximum absolute atomic E-state index is 11.9. The molecule has 0 aliphatic rings. The minimum Gasteiger partial charge on any atom is -0.465 e. The fraction of sp³-hybridized carbons (Fsp3) is 0.368. The first-order valence-electron chi connectivity index (χ1n) is 8.45. The van der Waals surface area contributed by atoms with Crippen LogP contribution >= 0.6 is 23.6 Å². The lowest BCUT2D eigenvalue weighted by atomic mass is 10.1. The molecule has 4 nitrogen and oxygen atoms in total. The number of nitrogens with one attached hydrogen (secondary N) is 2. The van der Waals surface area contributed by atoms with Crippen LogP contribution in [0.25, 0.3) is 0 Å². The van der Waals surface area contributed by atoms with Crippen LogP contribution < -0.4 is 10.6 Å². The second-order valence-corrected chi connectivity index (χ2v) is 7.23. The number of anilines is 2. The van der Waals surface area contributed by atoms with Crippen molar-refractivity contribution in [1.82, 2.24) is 0 Å². The van der Waals surface area contributed by atoms with Gasteiger partial charge in [-0.3, -0.25) is 0 Å². The van der Waals surface area contributed by atoms with E-state index in [-0.39, 0.29) is 5.97 Å². The predicted molar refractivity (Wildman–Crippen MR) is 110 cm³/mol. The summed E-state index contributed by atoms with van der Waals surface area (Å²) in [5.74, 6) is -0.360. The van der Waals surface area contributed by atoms with Crippen LogP contribution in [-0.4, -0.2) is 18.2 Å². The fourth-order valence-corrected chi connectivity index (χ4v) is 3.64. The average molecular weight is 377 g/mol. The summed E-state index contributed by atoms with van der Waals surface area (Å²) >= 11 is 6.90. The van der Waals surface area contributed by atoms with E-state index in [1.54, 1.807) is 0 Å². The number of carbonyl (C=O) groups excluding carboxylic acids is 1. The number of rotatable bonds is 7. The molecule has 25 heavy (non-hydrogen) atoms. The van der Waals surface area contributed by atoms with Crippen molar-refractivity contribution in [1.29, 1.82) is 0 Å². The van der Waals surface area contributed by atoms with Crippen molar-refractivity contribution in [2.45, 2.75) is 39.5 Å². The van der Waals surface area contributed by atoms with Gasteiger partial charge in [-0.1, -0.05) is 32.4 Å². The zero-order valence-corrected chi connectivity index (χ0v) is 16.5. The molecule has 0 aliphatic carbocycles. The molecule has 0 bridgehead atoms. The highest BCUT2D eigenvalue weighted by Gasteiger charge is 2.17. The lowest BCUT2D eigenvalue weighted by molar-refractivity contribution is 0.0602. The summed E-state index contributed by atoms with van der Waals surface area (Å²) in [6.07, 6.45) is 4.34. The van der Waals surface area contributed by atoms with Gasteiger partial charge in [0.05, 0.1) is 12.7 Å². The Balaban J connectivity index is 2.02. The molecule has 0 aliphatic heterocycles. The van der Waals surface area contributed by atoms with E-state index in [9.17, 15) is 4.79 Å². The van der Waals surface area contributed by atoms with E-state index in [1.807, 2.05) is 25.1 Å². The number of hydrogen-bond acceptors (Lipinski definition) is 4. The number of aryl methyl sites for hydroxylation is 2. The smallest absolute Gasteiger partial charge is 0.340 e. The Hall–Kier alpha value is -1.92. The monoisotopic (exact) mass is 376 g/mol. The van der Waals surface area contributed by atoms with Crippen LogP contribution in [0.5, 0.6) is 0 Å². The molecule has 0 unspecified atom stereocenters. The van der Waals surface area contributed by atoms with Gasteiger partial charge in [-0.2, -0.15) is 0 Å². The minimum atomic E-state index is -0.360. The first-order valence-corrected chi connectivity index (χ1v) is 9.67. The van der Waals surface area contributed by atoms with E-state index >= 15 is 0 Å². The molecule has 1 heterocycles. The standard InChI is InChI=1S/C19H24N2O2S2/c1-4-6-7-13-8-10-14(11-9-13)20-19(24)21-17-16(18(22)23-3)12-15(5-2)25-17/h8-12H,4-7H2,1-3H3,(H2,20,21,24). The molecular formula is C19H24N2O2S2. The van der Waals surface area contributed by atoms with Gasteiger partial charge in [0.25, 0.3) is 0 Å². The van der Waals surface area contributed by atoms with Crippen molar-refractivity contribution in [2.75, 3.05) is 17.7 Å². The molecule has 0 saturated carbocycles. The van der Waals surface area contributed by atoms with Gasteiger partial charge in [0.2, 0.25) is 0 Å². The van der Waals surface area contributed by atoms with E-state index in [0.717, 1.165) is 23.4 Å². The highest BCUT2D eigenvalue weighted by atomic mass is 32.1. The van der Waals surface area contributed by atoms with Crippen molar-refractivity contribution < 1.29 is 9.53 Å². The minimum absolute atomic E-state index is 0.360. The van der Waals surface area contributed by atoms with Gasteiger partial charge in [0, 0.05) is 10.6 Å². The summed E-state index contributed by atoms with van der Waals surface area (Å²) in [6, 6.07) is 10.1. The number of esters is 1. The third-order valence-electron chi connectivity index (χ3n) is 3.79. The van der Waals surface area contributed by atoms with Gasteiger partial charge in [-0.25, -0.2) is 4.79 Å². The summed E-state index contributed by atoms with van der Waals surface area (Å²) < 4.78 is 4.84. The number of thiophene rings is 1. The number of thiocarbonyl (C=S) groups is 1. The molecule has 0 atom stereocenters. The molecule has 134 valence electrons. The Kier molecular flexibility index (Phi) is 7.40. The van der Waals surface area contributed by atoms with Crippen LogP contribution in [0.4, 0.5) is 10.7 Å². The molecule has 0 saturated heterocycles. The van der Waals surface area contributed by atoms with Crippen molar-refractivity contribution in [3.8, 4) is 0 Å². The maximum Gasteiger partial charge on any atom is 0.340 e. The highest BCUT2D eigenvalue weighted by Crippen LogP contribution is 2.29. The first-order chi connectivity index (χ1) is 12.1. The van der Waals surface area contributed by atoms with Crippen LogP contribution in [0.3, 0.4) is 0 Å².